The van der Waals surface area contributed by atoms with E-state index in [9.17, 15) is 4.79 Å². The van der Waals surface area contributed by atoms with Crippen LogP contribution in [0.5, 0.6) is 0 Å². The molecule has 88 valence electrons. The Kier molecular flexibility index (Phi) is 3.79. The van der Waals surface area contributed by atoms with E-state index >= 15 is 0 Å². The van der Waals surface area contributed by atoms with Crippen molar-refractivity contribution < 1.29 is 4.79 Å². The second kappa shape index (κ2) is 5.32. The lowest BCUT2D eigenvalue weighted by Crippen LogP contribution is -1.96. The van der Waals surface area contributed by atoms with Crippen molar-refractivity contribution in [3.8, 4) is 0 Å². The summed E-state index contributed by atoms with van der Waals surface area (Å²) >= 11 is 1.65. The fourth-order valence-electron chi connectivity index (χ4n) is 1.56. The molecule has 0 saturated heterocycles. The zero-order chi connectivity index (χ0) is 12.3. The SMILES string of the molecule is CC(C)CSc1nc2ccccc2cc1C=O. The average Bonchev–Trinajstić information content (AvgIpc) is 2.35. The maximum absolute atomic E-state index is 11.1. The molecule has 1 aromatic carbocycles. The fraction of sp³-hybridized carbons (Fsp3) is 0.286. The molecule has 0 unspecified atom stereocenters. The normalized spacial score (nSPS) is 11.0. The number of rotatable bonds is 4. The number of para-hydroxylation sites is 1. The van der Waals surface area contributed by atoms with E-state index in [0.29, 0.717) is 11.5 Å². The number of hydrogen-bond donors (Lipinski definition) is 0. The monoisotopic (exact) mass is 245 g/mol. The van der Waals surface area contributed by atoms with E-state index in [1.165, 1.54) is 0 Å². The lowest BCUT2D eigenvalue weighted by atomic mass is 10.2. The van der Waals surface area contributed by atoms with Crippen molar-refractivity contribution in [3.63, 3.8) is 0 Å². The third-order valence-electron chi connectivity index (χ3n) is 2.40. The Labute approximate surface area is 105 Å². The summed E-state index contributed by atoms with van der Waals surface area (Å²) in [7, 11) is 0. The van der Waals surface area contributed by atoms with Gasteiger partial charge in [0, 0.05) is 16.7 Å². The largest absolute Gasteiger partial charge is 0.298 e. The van der Waals surface area contributed by atoms with Crippen molar-refractivity contribution in [1.29, 1.82) is 0 Å². The van der Waals surface area contributed by atoms with Crippen LogP contribution in [0.4, 0.5) is 0 Å². The van der Waals surface area contributed by atoms with Crippen LogP contribution in [0.2, 0.25) is 0 Å². The number of aldehydes is 1. The molecule has 2 aromatic rings. The van der Waals surface area contributed by atoms with Gasteiger partial charge in [-0.15, -0.1) is 11.8 Å². The van der Waals surface area contributed by atoms with Crippen molar-refractivity contribution >= 4 is 29.0 Å². The van der Waals surface area contributed by atoms with Crippen LogP contribution in [0.25, 0.3) is 10.9 Å². The Morgan fingerprint density at radius 1 is 1.35 bits per heavy atom. The molecule has 1 aromatic heterocycles. The van der Waals surface area contributed by atoms with Gasteiger partial charge in [-0.3, -0.25) is 4.79 Å². The first-order valence-electron chi connectivity index (χ1n) is 5.68. The maximum atomic E-state index is 11.1. The number of nitrogens with zero attached hydrogens (tertiary/aromatic N) is 1. The van der Waals surface area contributed by atoms with E-state index in [-0.39, 0.29) is 0 Å². The van der Waals surface area contributed by atoms with Crippen LogP contribution >= 0.6 is 11.8 Å². The van der Waals surface area contributed by atoms with E-state index in [2.05, 4.69) is 18.8 Å². The molecule has 1 heterocycles. The van der Waals surface area contributed by atoms with Gasteiger partial charge in [0.25, 0.3) is 0 Å². The molecule has 17 heavy (non-hydrogen) atoms. The second-order valence-corrected chi connectivity index (χ2v) is 5.41. The first kappa shape index (κ1) is 12.1. The van der Waals surface area contributed by atoms with Crippen LogP contribution in [0, 0.1) is 5.92 Å². The lowest BCUT2D eigenvalue weighted by Gasteiger charge is -2.07. The fourth-order valence-corrected chi connectivity index (χ4v) is 2.49. The second-order valence-electron chi connectivity index (χ2n) is 4.40. The zero-order valence-corrected chi connectivity index (χ0v) is 10.8. The van der Waals surface area contributed by atoms with Gasteiger partial charge in [-0.25, -0.2) is 4.98 Å². The molecule has 0 radical (unpaired) electrons. The van der Waals surface area contributed by atoms with E-state index in [1.54, 1.807) is 11.8 Å². The maximum Gasteiger partial charge on any atom is 0.152 e. The van der Waals surface area contributed by atoms with Gasteiger partial charge < -0.3 is 0 Å². The molecular formula is C14H15NOS. The molecule has 0 spiro atoms. The minimum absolute atomic E-state index is 0.591. The summed E-state index contributed by atoms with van der Waals surface area (Å²) in [5, 5.41) is 1.86. The van der Waals surface area contributed by atoms with E-state index in [0.717, 1.165) is 28.0 Å². The van der Waals surface area contributed by atoms with Gasteiger partial charge in [-0.2, -0.15) is 0 Å². The van der Waals surface area contributed by atoms with Crippen molar-refractivity contribution in [2.45, 2.75) is 18.9 Å². The highest BCUT2D eigenvalue weighted by molar-refractivity contribution is 7.99. The number of hydrogen-bond acceptors (Lipinski definition) is 3. The molecule has 0 amide bonds. The van der Waals surface area contributed by atoms with Gasteiger partial charge >= 0.3 is 0 Å². The number of pyridine rings is 1. The predicted octanol–water partition coefficient (Wildman–Crippen LogP) is 3.80. The Morgan fingerprint density at radius 2 is 2.12 bits per heavy atom. The van der Waals surface area contributed by atoms with Crippen molar-refractivity contribution in [1.82, 2.24) is 4.98 Å². The van der Waals surface area contributed by atoms with Crippen LogP contribution in [-0.4, -0.2) is 17.0 Å². The molecule has 0 saturated carbocycles. The Morgan fingerprint density at radius 3 is 2.82 bits per heavy atom. The van der Waals surface area contributed by atoms with Gasteiger partial charge in [0.05, 0.1) is 5.52 Å². The topological polar surface area (TPSA) is 30.0 Å². The Bertz CT molecular complexity index is 537. The summed E-state index contributed by atoms with van der Waals surface area (Å²) in [5.74, 6) is 1.57. The lowest BCUT2D eigenvalue weighted by molar-refractivity contribution is 0.112. The molecule has 0 aliphatic carbocycles. The summed E-state index contributed by atoms with van der Waals surface area (Å²) < 4.78 is 0. The minimum atomic E-state index is 0.591. The molecule has 0 aliphatic heterocycles. The average molecular weight is 245 g/mol. The molecule has 0 atom stereocenters. The number of carbonyl (C=O) groups is 1. The summed E-state index contributed by atoms with van der Waals surface area (Å²) in [4.78, 5) is 15.6. The minimum Gasteiger partial charge on any atom is -0.298 e. The summed E-state index contributed by atoms with van der Waals surface area (Å²) in [6.45, 7) is 4.32. The van der Waals surface area contributed by atoms with Crippen molar-refractivity contribution in [3.05, 3.63) is 35.9 Å². The van der Waals surface area contributed by atoms with E-state index < -0.39 is 0 Å². The first-order valence-corrected chi connectivity index (χ1v) is 6.67. The first-order chi connectivity index (χ1) is 8.20. The van der Waals surface area contributed by atoms with E-state index in [4.69, 9.17) is 0 Å². The number of thioether (sulfide) groups is 1. The van der Waals surface area contributed by atoms with Crippen molar-refractivity contribution in [2.24, 2.45) is 5.92 Å². The molecular weight excluding hydrogens is 230 g/mol. The quantitative estimate of drug-likeness (QED) is 0.606. The summed E-state index contributed by atoms with van der Waals surface area (Å²) in [5.41, 5.74) is 1.64. The van der Waals surface area contributed by atoms with Crippen LogP contribution < -0.4 is 0 Å². The van der Waals surface area contributed by atoms with Crippen LogP contribution in [-0.2, 0) is 0 Å². The molecule has 0 N–H and O–H groups in total. The smallest absolute Gasteiger partial charge is 0.152 e. The Hall–Kier alpha value is -1.35. The Balaban J connectivity index is 2.42. The molecule has 3 heteroatoms. The molecule has 0 fully saturated rings. The van der Waals surface area contributed by atoms with Crippen LogP contribution in [0.15, 0.2) is 35.4 Å². The standard InChI is InChI=1S/C14H15NOS/c1-10(2)9-17-14-12(8-16)7-11-5-3-4-6-13(11)15-14/h3-8,10H,9H2,1-2H3. The highest BCUT2D eigenvalue weighted by atomic mass is 32.2. The molecule has 2 rings (SSSR count). The molecule has 0 bridgehead atoms. The van der Waals surface area contributed by atoms with Crippen LogP contribution in [0.3, 0.4) is 0 Å². The number of benzene rings is 1. The van der Waals surface area contributed by atoms with Gasteiger partial charge in [0.1, 0.15) is 5.03 Å². The van der Waals surface area contributed by atoms with Gasteiger partial charge in [0.15, 0.2) is 6.29 Å². The number of fused-ring (bicyclic) bond motifs is 1. The van der Waals surface area contributed by atoms with Gasteiger partial charge in [-0.1, -0.05) is 32.0 Å². The molecule has 2 nitrogen and oxygen atoms in total. The summed E-state index contributed by atoms with van der Waals surface area (Å²) in [6, 6.07) is 9.79. The molecule has 0 aliphatic rings. The summed E-state index contributed by atoms with van der Waals surface area (Å²) in [6.07, 6.45) is 0.891. The predicted molar refractivity (Wildman–Crippen MR) is 72.7 cm³/mol. The third kappa shape index (κ3) is 2.86. The zero-order valence-electron chi connectivity index (χ0n) is 10.0. The number of aromatic nitrogens is 1. The number of carbonyl (C=O) groups excluding carboxylic acids is 1. The van der Waals surface area contributed by atoms with Gasteiger partial charge in [-0.05, 0) is 18.1 Å². The highest BCUT2D eigenvalue weighted by Crippen LogP contribution is 2.25. The highest BCUT2D eigenvalue weighted by Gasteiger charge is 2.07. The van der Waals surface area contributed by atoms with Crippen molar-refractivity contribution in [2.75, 3.05) is 5.75 Å². The van der Waals surface area contributed by atoms with E-state index in [1.807, 2.05) is 30.3 Å². The van der Waals surface area contributed by atoms with Gasteiger partial charge in [0.2, 0.25) is 0 Å². The van der Waals surface area contributed by atoms with Crippen LogP contribution in [0.1, 0.15) is 24.2 Å². The third-order valence-corrected chi connectivity index (χ3v) is 3.83.